The highest BCUT2D eigenvalue weighted by molar-refractivity contribution is 5.85. The normalized spacial score (nSPS) is 8.94. The zero-order chi connectivity index (χ0) is 10.5. The molecule has 0 N–H and O–H groups in total. The van der Waals surface area contributed by atoms with E-state index in [-0.39, 0.29) is 12.4 Å². The van der Waals surface area contributed by atoms with E-state index >= 15 is 0 Å². The van der Waals surface area contributed by atoms with E-state index in [1.807, 2.05) is 42.6 Å². The number of hydrogen-bond donors (Lipinski definition) is 0. The van der Waals surface area contributed by atoms with Crippen molar-refractivity contribution in [2.24, 2.45) is 0 Å². The van der Waals surface area contributed by atoms with Crippen LogP contribution in [0.15, 0.2) is 48.8 Å². The molecular weight excluding hydrogens is 220 g/mol. The molecule has 0 bridgehead atoms. The fourth-order valence-corrected chi connectivity index (χ4v) is 1.44. The summed E-state index contributed by atoms with van der Waals surface area (Å²) in [5.74, 6) is 0. The van der Waals surface area contributed by atoms with E-state index in [1.165, 1.54) is 11.1 Å². The molecule has 0 aliphatic carbocycles. The van der Waals surface area contributed by atoms with E-state index in [9.17, 15) is 0 Å². The highest BCUT2D eigenvalue weighted by Crippen LogP contribution is 2.09. The lowest BCUT2D eigenvalue weighted by Gasteiger charge is -2.00. The Bertz CT molecular complexity index is 472. The molecule has 0 aliphatic heterocycles. The third-order valence-electron chi connectivity index (χ3n) is 2.21. The van der Waals surface area contributed by atoms with Crippen LogP contribution in [0.1, 0.15) is 16.7 Å². The van der Waals surface area contributed by atoms with Crippen molar-refractivity contribution in [1.29, 1.82) is 5.26 Å². The minimum absolute atomic E-state index is 0. The van der Waals surface area contributed by atoms with Crippen LogP contribution in [0.25, 0.3) is 0 Å². The molecule has 0 unspecified atom stereocenters. The van der Waals surface area contributed by atoms with Crippen LogP contribution >= 0.6 is 12.4 Å². The molecule has 2 nitrogen and oxygen atoms in total. The van der Waals surface area contributed by atoms with E-state index in [0.29, 0.717) is 5.56 Å². The maximum atomic E-state index is 8.66. The van der Waals surface area contributed by atoms with Crippen LogP contribution in [0.5, 0.6) is 0 Å². The number of hydrogen-bond acceptors (Lipinski definition) is 2. The van der Waals surface area contributed by atoms with E-state index in [4.69, 9.17) is 5.26 Å². The summed E-state index contributed by atoms with van der Waals surface area (Å²) in [6, 6.07) is 13.7. The number of nitriles is 1. The molecule has 0 radical (unpaired) electrons. The van der Waals surface area contributed by atoms with Crippen molar-refractivity contribution >= 4 is 12.4 Å². The van der Waals surface area contributed by atoms with Gasteiger partial charge in [-0.05, 0) is 35.7 Å². The van der Waals surface area contributed by atoms with Crippen molar-refractivity contribution in [2.45, 2.75) is 6.42 Å². The first kappa shape index (κ1) is 12.2. The summed E-state index contributed by atoms with van der Waals surface area (Å²) in [4.78, 5) is 4.06. The summed E-state index contributed by atoms with van der Waals surface area (Å²) in [7, 11) is 0. The first-order valence-electron chi connectivity index (χ1n) is 4.76. The van der Waals surface area contributed by atoms with Gasteiger partial charge < -0.3 is 0 Å². The molecule has 1 aromatic carbocycles. The predicted octanol–water partition coefficient (Wildman–Crippen LogP) is 2.97. The Balaban J connectivity index is 0.00000128. The fourth-order valence-electron chi connectivity index (χ4n) is 1.44. The van der Waals surface area contributed by atoms with Crippen LogP contribution in [0.4, 0.5) is 0 Å². The standard InChI is InChI=1S/C13H10N2.ClH/c14-9-12-5-3-11(4-6-12)8-13-2-1-7-15-10-13;/h1-7,10H,8H2;1H. The van der Waals surface area contributed by atoms with Crippen molar-refractivity contribution in [1.82, 2.24) is 4.98 Å². The van der Waals surface area contributed by atoms with E-state index < -0.39 is 0 Å². The Hall–Kier alpha value is -1.85. The van der Waals surface area contributed by atoms with E-state index in [0.717, 1.165) is 6.42 Å². The first-order chi connectivity index (χ1) is 7.38. The maximum absolute atomic E-state index is 8.66. The van der Waals surface area contributed by atoms with Crippen molar-refractivity contribution in [2.75, 3.05) is 0 Å². The van der Waals surface area contributed by atoms with Gasteiger partial charge in [-0.15, -0.1) is 12.4 Å². The Morgan fingerprint density at radius 3 is 2.38 bits per heavy atom. The predicted molar refractivity (Wildman–Crippen MR) is 65.4 cm³/mol. The summed E-state index contributed by atoms with van der Waals surface area (Å²) < 4.78 is 0. The second-order valence-electron chi connectivity index (χ2n) is 3.35. The summed E-state index contributed by atoms with van der Waals surface area (Å²) >= 11 is 0. The van der Waals surface area contributed by atoms with Crippen LogP contribution in [0.2, 0.25) is 0 Å². The number of aromatic nitrogens is 1. The second kappa shape index (κ2) is 5.89. The Morgan fingerprint density at radius 1 is 1.06 bits per heavy atom. The Labute approximate surface area is 101 Å². The summed E-state index contributed by atoms with van der Waals surface area (Å²) in [5.41, 5.74) is 3.08. The molecule has 0 amide bonds. The van der Waals surface area contributed by atoms with Gasteiger partial charge in [-0.2, -0.15) is 5.26 Å². The third-order valence-corrected chi connectivity index (χ3v) is 2.21. The minimum atomic E-state index is 0. The molecule has 1 aromatic heterocycles. The topological polar surface area (TPSA) is 36.7 Å². The van der Waals surface area contributed by atoms with Gasteiger partial charge in [0, 0.05) is 12.4 Å². The monoisotopic (exact) mass is 230 g/mol. The van der Waals surface area contributed by atoms with Gasteiger partial charge in [0.1, 0.15) is 0 Å². The lowest BCUT2D eigenvalue weighted by atomic mass is 10.1. The summed E-state index contributed by atoms with van der Waals surface area (Å²) in [6.07, 6.45) is 4.49. The first-order valence-corrected chi connectivity index (χ1v) is 4.76. The molecule has 16 heavy (non-hydrogen) atoms. The maximum Gasteiger partial charge on any atom is 0.0991 e. The highest BCUT2D eigenvalue weighted by atomic mass is 35.5. The highest BCUT2D eigenvalue weighted by Gasteiger charge is 1.96. The lowest BCUT2D eigenvalue weighted by Crippen LogP contribution is -1.88. The number of benzene rings is 1. The third kappa shape index (κ3) is 3.08. The molecule has 3 heteroatoms. The molecular formula is C13H11ClN2. The second-order valence-corrected chi connectivity index (χ2v) is 3.35. The zero-order valence-electron chi connectivity index (χ0n) is 8.63. The zero-order valence-corrected chi connectivity index (χ0v) is 9.45. The molecule has 0 spiro atoms. The molecule has 0 saturated carbocycles. The van der Waals surface area contributed by atoms with Gasteiger partial charge in [0.2, 0.25) is 0 Å². The smallest absolute Gasteiger partial charge is 0.0991 e. The number of halogens is 1. The van der Waals surface area contributed by atoms with Gasteiger partial charge in [-0.1, -0.05) is 18.2 Å². The lowest BCUT2D eigenvalue weighted by molar-refractivity contribution is 1.14. The van der Waals surface area contributed by atoms with Gasteiger partial charge in [0.25, 0.3) is 0 Å². The molecule has 0 saturated heterocycles. The number of nitrogens with zero attached hydrogens (tertiary/aromatic N) is 2. The van der Waals surface area contributed by atoms with Crippen LogP contribution in [0, 0.1) is 11.3 Å². The summed E-state index contributed by atoms with van der Waals surface area (Å²) in [6.45, 7) is 0. The SMILES string of the molecule is Cl.N#Cc1ccc(Cc2cccnc2)cc1. The van der Waals surface area contributed by atoms with Gasteiger partial charge in [0.15, 0.2) is 0 Å². The van der Waals surface area contributed by atoms with Crippen LogP contribution in [-0.4, -0.2) is 4.98 Å². The Morgan fingerprint density at radius 2 is 1.81 bits per heavy atom. The molecule has 0 aliphatic rings. The largest absolute Gasteiger partial charge is 0.264 e. The number of rotatable bonds is 2. The molecule has 2 rings (SSSR count). The average Bonchev–Trinajstić information content (AvgIpc) is 2.31. The van der Waals surface area contributed by atoms with Gasteiger partial charge in [0.05, 0.1) is 11.6 Å². The fraction of sp³-hybridized carbons (Fsp3) is 0.0769. The number of pyridine rings is 1. The van der Waals surface area contributed by atoms with Crippen LogP contribution in [-0.2, 0) is 6.42 Å². The van der Waals surface area contributed by atoms with Gasteiger partial charge in [-0.25, -0.2) is 0 Å². The molecule has 1 heterocycles. The average molecular weight is 231 g/mol. The van der Waals surface area contributed by atoms with Gasteiger partial charge in [-0.3, -0.25) is 4.98 Å². The van der Waals surface area contributed by atoms with Crippen molar-refractivity contribution in [3.8, 4) is 6.07 Å². The molecule has 0 fully saturated rings. The quantitative estimate of drug-likeness (QED) is 0.795. The van der Waals surface area contributed by atoms with Gasteiger partial charge >= 0.3 is 0 Å². The summed E-state index contributed by atoms with van der Waals surface area (Å²) in [5, 5.41) is 8.66. The molecule has 0 atom stereocenters. The van der Waals surface area contributed by atoms with Crippen LogP contribution in [0.3, 0.4) is 0 Å². The van der Waals surface area contributed by atoms with E-state index in [1.54, 1.807) is 6.20 Å². The van der Waals surface area contributed by atoms with Crippen molar-refractivity contribution < 1.29 is 0 Å². The van der Waals surface area contributed by atoms with Crippen molar-refractivity contribution in [3.05, 3.63) is 65.5 Å². The Kier molecular flexibility index (Phi) is 4.50. The van der Waals surface area contributed by atoms with E-state index in [2.05, 4.69) is 11.1 Å². The minimum Gasteiger partial charge on any atom is -0.264 e. The molecule has 2 aromatic rings. The van der Waals surface area contributed by atoms with Crippen molar-refractivity contribution in [3.63, 3.8) is 0 Å². The van der Waals surface area contributed by atoms with Crippen LogP contribution < -0.4 is 0 Å². The molecule has 80 valence electrons.